The maximum Gasteiger partial charge on any atom is 0.290 e. The Morgan fingerprint density at radius 3 is 2.58 bits per heavy atom. The SMILES string of the molecule is CCOc1cc(/C=C2\SC(=O)NC2=O)cc(Cl)c1OCc1ccccc1. The van der Waals surface area contributed by atoms with Gasteiger partial charge in [0.25, 0.3) is 11.1 Å². The van der Waals surface area contributed by atoms with E-state index in [1.54, 1.807) is 18.2 Å². The Hall–Kier alpha value is -2.44. The number of rotatable bonds is 6. The van der Waals surface area contributed by atoms with Crippen LogP contribution in [0.5, 0.6) is 11.5 Å². The van der Waals surface area contributed by atoms with Crippen LogP contribution in [-0.4, -0.2) is 17.8 Å². The van der Waals surface area contributed by atoms with Gasteiger partial charge in [-0.25, -0.2) is 0 Å². The van der Waals surface area contributed by atoms with E-state index in [0.717, 1.165) is 17.3 Å². The molecule has 0 aromatic heterocycles. The largest absolute Gasteiger partial charge is 0.490 e. The number of imide groups is 1. The third-order valence-corrected chi connectivity index (χ3v) is 4.59. The van der Waals surface area contributed by atoms with Gasteiger partial charge in [0.05, 0.1) is 16.5 Å². The molecule has 1 N–H and O–H groups in total. The lowest BCUT2D eigenvalue weighted by atomic mass is 10.1. The van der Waals surface area contributed by atoms with E-state index in [4.69, 9.17) is 21.1 Å². The summed E-state index contributed by atoms with van der Waals surface area (Å²) in [6.45, 7) is 2.65. The van der Waals surface area contributed by atoms with E-state index in [0.29, 0.717) is 40.2 Å². The number of nitrogens with one attached hydrogen (secondary N) is 1. The third-order valence-electron chi connectivity index (χ3n) is 3.50. The van der Waals surface area contributed by atoms with Crippen LogP contribution in [0.2, 0.25) is 5.02 Å². The minimum atomic E-state index is -0.418. The van der Waals surface area contributed by atoms with Crippen LogP contribution >= 0.6 is 23.4 Å². The highest BCUT2D eigenvalue weighted by Gasteiger charge is 2.25. The van der Waals surface area contributed by atoms with Gasteiger partial charge < -0.3 is 9.47 Å². The molecule has 1 aliphatic rings. The molecular weight excluding hydrogens is 374 g/mol. The lowest BCUT2D eigenvalue weighted by Gasteiger charge is -2.14. The lowest BCUT2D eigenvalue weighted by molar-refractivity contribution is -0.115. The molecule has 2 amide bonds. The summed E-state index contributed by atoms with van der Waals surface area (Å²) in [5, 5.41) is 2.20. The Morgan fingerprint density at radius 2 is 1.92 bits per heavy atom. The summed E-state index contributed by atoms with van der Waals surface area (Å²) in [6, 6.07) is 13.1. The number of carbonyl (C=O) groups is 2. The quantitative estimate of drug-likeness (QED) is 0.729. The zero-order chi connectivity index (χ0) is 18.5. The lowest BCUT2D eigenvalue weighted by Crippen LogP contribution is -2.17. The zero-order valence-corrected chi connectivity index (χ0v) is 15.5. The Balaban J connectivity index is 1.87. The number of ether oxygens (including phenoxy) is 2. The molecule has 0 spiro atoms. The van der Waals surface area contributed by atoms with Crippen molar-refractivity contribution in [2.45, 2.75) is 13.5 Å². The molecule has 2 aromatic rings. The molecule has 7 heteroatoms. The number of carbonyl (C=O) groups excluding carboxylic acids is 2. The van der Waals surface area contributed by atoms with Gasteiger partial charge >= 0.3 is 0 Å². The van der Waals surface area contributed by atoms with Crippen LogP contribution in [0.1, 0.15) is 18.1 Å². The normalized spacial score (nSPS) is 15.2. The van der Waals surface area contributed by atoms with Crippen molar-refractivity contribution >= 4 is 40.6 Å². The van der Waals surface area contributed by atoms with E-state index in [9.17, 15) is 9.59 Å². The molecule has 0 aliphatic carbocycles. The molecule has 134 valence electrons. The van der Waals surface area contributed by atoms with E-state index < -0.39 is 5.91 Å². The van der Waals surface area contributed by atoms with E-state index in [-0.39, 0.29) is 5.24 Å². The highest BCUT2D eigenvalue weighted by Crippen LogP contribution is 2.38. The monoisotopic (exact) mass is 389 g/mol. The summed E-state index contributed by atoms with van der Waals surface area (Å²) in [5.74, 6) is 0.509. The molecule has 1 heterocycles. The average molecular weight is 390 g/mol. The molecular formula is C19H16ClNO4S. The van der Waals surface area contributed by atoms with Crippen LogP contribution in [0.4, 0.5) is 4.79 Å². The second-order valence-corrected chi connectivity index (χ2v) is 6.81. The van der Waals surface area contributed by atoms with Crippen molar-refractivity contribution < 1.29 is 19.1 Å². The first-order valence-electron chi connectivity index (χ1n) is 7.94. The fraction of sp³-hybridized carbons (Fsp3) is 0.158. The number of hydrogen-bond acceptors (Lipinski definition) is 5. The smallest absolute Gasteiger partial charge is 0.290 e. The first-order chi connectivity index (χ1) is 12.6. The Labute approximate surface area is 160 Å². The molecule has 0 saturated carbocycles. The summed E-state index contributed by atoms with van der Waals surface area (Å²) in [5.41, 5.74) is 1.66. The van der Waals surface area contributed by atoms with Gasteiger partial charge in [0, 0.05) is 0 Å². The van der Waals surface area contributed by atoms with Gasteiger partial charge in [-0.1, -0.05) is 41.9 Å². The van der Waals surface area contributed by atoms with E-state index in [1.165, 1.54) is 0 Å². The topological polar surface area (TPSA) is 64.6 Å². The molecule has 0 unspecified atom stereocenters. The van der Waals surface area contributed by atoms with Crippen LogP contribution in [0.3, 0.4) is 0 Å². The van der Waals surface area contributed by atoms with Gasteiger partial charge in [-0.05, 0) is 48.0 Å². The van der Waals surface area contributed by atoms with Crippen molar-refractivity contribution in [2.24, 2.45) is 0 Å². The predicted molar refractivity (Wildman–Crippen MR) is 103 cm³/mol. The molecule has 26 heavy (non-hydrogen) atoms. The van der Waals surface area contributed by atoms with Crippen LogP contribution < -0.4 is 14.8 Å². The number of halogens is 1. The standard InChI is InChI=1S/C19H16ClNO4S/c1-2-24-15-9-13(10-16-18(22)21-19(23)26-16)8-14(20)17(15)25-11-12-6-4-3-5-7-12/h3-10H,2,11H2,1H3,(H,21,22,23)/b16-10-. The minimum absolute atomic E-state index is 0.312. The van der Waals surface area contributed by atoms with E-state index in [1.807, 2.05) is 37.3 Å². The summed E-state index contributed by atoms with van der Waals surface area (Å²) < 4.78 is 11.5. The fourth-order valence-electron chi connectivity index (χ4n) is 2.38. The summed E-state index contributed by atoms with van der Waals surface area (Å²) in [4.78, 5) is 23.3. The molecule has 0 atom stereocenters. The summed E-state index contributed by atoms with van der Waals surface area (Å²) in [7, 11) is 0. The van der Waals surface area contributed by atoms with Gasteiger partial charge in [0.1, 0.15) is 6.61 Å². The molecule has 1 fully saturated rings. The number of amides is 2. The minimum Gasteiger partial charge on any atom is -0.490 e. The maximum atomic E-state index is 11.7. The number of hydrogen-bond donors (Lipinski definition) is 1. The van der Waals surface area contributed by atoms with Gasteiger partial charge in [0.2, 0.25) is 0 Å². The maximum absolute atomic E-state index is 11.7. The molecule has 2 aromatic carbocycles. The fourth-order valence-corrected chi connectivity index (χ4v) is 3.33. The van der Waals surface area contributed by atoms with Gasteiger partial charge in [-0.3, -0.25) is 14.9 Å². The molecule has 0 radical (unpaired) electrons. The highest BCUT2D eigenvalue weighted by atomic mass is 35.5. The van der Waals surface area contributed by atoms with Crippen LogP contribution in [0, 0.1) is 0 Å². The van der Waals surface area contributed by atoms with Crippen LogP contribution in [0.25, 0.3) is 6.08 Å². The molecule has 1 saturated heterocycles. The summed E-state index contributed by atoms with van der Waals surface area (Å²) >= 11 is 7.23. The van der Waals surface area contributed by atoms with Crippen molar-refractivity contribution in [2.75, 3.05) is 6.61 Å². The van der Waals surface area contributed by atoms with Crippen molar-refractivity contribution in [3.63, 3.8) is 0 Å². The predicted octanol–water partition coefficient (Wildman–Crippen LogP) is 4.64. The number of benzene rings is 2. The Morgan fingerprint density at radius 1 is 1.15 bits per heavy atom. The van der Waals surface area contributed by atoms with E-state index in [2.05, 4.69) is 5.32 Å². The van der Waals surface area contributed by atoms with Gasteiger partial charge in [-0.15, -0.1) is 0 Å². The summed E-state index contributed by atoms with van der Waals surface area (Å²) in [6.07, 6.45) is 1.60. The molecule has 5 nitrogen and oxygen atoms in total. The van der Waals surface area contributed by atoms with Crippen molar-refractivity contribution in [3.8, 4) is 11.5 Å². The van der Waals surface area contributed by atoms with Gasteiger partial charge in [-0.2, -0.15) is 0 Å². The Bertz CT molecular complexity index is 867. The first-order valence-corrected chi connectivity index (χ1v) is 9.14. The Kier molecular flexibility index (Phi) is 5.85. The van der Waals surface area contributed by atoms with Crippen molar-refractivity contribution in [1.29, 1.82) is 0 Å². The third kappa shape index (κ3) is 4.39. The van der Waals surface area contributed by atoms with Crippen LogP contribution in [0.15, 0.2) is 47.4 Å². The van der Waals surface area contributed by atoms with Crippen molar-refractivity contribution in [1.82, 2.24) is 5.32 Å². The van der Waals surface area contributed by atoms with Gasteiger partial charge in [0.15, 0.2) is 11.5 Å². The first kappa shape index (κ1) is 18.4. The highest BCUT2D eigenvalue weighted by molar-refractivity contribution is 8.18. The average Bonchev–Trinajstić information content (AvgIpc) is 2.92. The molecule has 0 bridgehead atoms. The zero-order valence-electron chi connectivity index (χ0n) is 14.0. The van der Waals surface area contributed by atoms with Crippen molar-refractivity contribution in [3.05, 3.63) is 63.5 Å². The molecule has 1 aliphatic heterocycles. The second-order valence-electron chi connectivity index (χ2n) is 5.39. The second kappa shape index (κ2) is 8.29. The van der Waals surface area contributed by atoms with Crippen LogP contribution in [-0.2, 0) is 11.4 Å². The van der Waals surface area contributed by atoms with E-state index >= 15 is 0 Å². The number of thioether (sulfide) groups is 1. The molecule has 3 rings (SSSR count).